The molecular formula is C21H31ClN4O4. The van der Waals surface area contributed by atoms with Gasteiger partial charge in [-0.2, -0.15) is 4.98 Å². The SMILES string of the molecule is CC(CO)N(C)C.CN(C)CCCOc1ncc(C(=O)O)c(-c2ccccc2Cl)n1. The minimum Gasteiger partial charge on any atom is -0.478 e. The van der Waals surface area contributed by atoms with Crippen LogP contribution in [0.1, 0.15) is 23.7 Å². The second-order valence-electron chi connectivity index (χ2n) is 7.20. The van der Waals surface area contributed by atoms with E-state index in [0.717, 1.165) is 13.0 Å². The molecule has 0 bridgehead atoms. The maximum Gasteiger partial charge on any atom is 0.339 e. The van der Waals surface area contributed by atoms with Gasteiger partial charge >= 0.3 is 12.0 Å². The maximum absolute atomic E-state index is 11.4. The molecule has 0 saturated heterocycles. The lowest BCUT2D eigenvalue weighted by Crippen LogP contribution is -2.27. The molecule has 1 unspecified atom stereocenters. The third kappa shape index (κ3) is 8.62. The fraction of sp³-hybridized carbons (Fsp3) is 0.476. The average Bonchev–Trinajstić information content (AvgIpc) is 2.71. The molecule has 1 atom stereocenters. The van der Waals surface area contributed by atoms with E-state index < -0.39 is 5.97 Å². The molecule has 2 N–H and O–H groups in total. The van der Waals surface area contributed by atoms with Crippen LogP contribution in [0.4, 0.5) is 0 Å². The Morgan fingerprint density at radius 3 is 2.40 bits per heavy atom. The molecule has 0 aliphatic carbocycles. The van der Waals surface area contributed by atoms with Gasteiger partial charge in [0.15, 0.2) is 0 Å². The van der Waals surface area contributed by atoms with Crippen molar-refractivity contribution in [1.82, 2.24) is 19.8 Å². The summed E-state index contributed by atoms with van der Waals surface area (Å²) in [6, 6.07) is 7.37. The van der Waals surface area contributed by atoms with Crippen LogP contribution in [0.5, 0.6) is 6.01 Å². The lowest BCUT2D eigenvalue weighted by atomic mass is 10.1. The predicted molar refractivity (Wildman–Crippen MR) is 118 cm³/mol. The normalized spacial score (nSPS) is 11.8. The summed E-state index contributed by atoms with van der Waals surface area (Å²) in [6.45, 7) is 3.55. The van der Waals surface area contributed by atoms with Crippen LogP contribution in [0.2, 0.25) is 5.02 Å². The standard InChI is InChI=1S/C16H18ClN3O3.C5H13NO/c1-20(2)8-5-9-23-16-18-10-12(15(21)22)14(19-16)11-6-3-4-7-13(11)17;1-5(4-7)6(2)3/h3-4,6-7,10H,5,8-9H2,1-2H3,(H,21,22);5,7H,4H2,1-3H3. The number of carbonyl (C=O) groups is 1. The first kappa shape index (κ1) is 25.8. The Morgan fingerprint density at radius 2 is 1.90 bits per heavy atom. The van der Waals surface area contributed by atoms with Crippen LogP contribution in [0.15, 0.2) is 30.5 Å². The third-order valence-corrected chi connectivity index (χ3v) is 4.58. The molecule has 0 amide bonds. The van der Waals surface area contributed by atoms with Crippen molar-refractivity contribution < 1.29 is 19.7 Å². The molecule has 166 valence electrons. The van der Waals surface area contributed by atoms with Gasteiger partial charge in [0, 0.05) is 29.4 Å². The summed E-state index contributed by atoms with van der Waals surface area (Å²) in [7, 11) is 7.85. The molecule has 1 aromatic carbocycles. The number of ether oxygens (including phenoxy) is 1. The number of aromatic nitrogens is 2. The summed E-state index contributed by atoms with van der Waals surface area (Å²) in [5.41, 5.74) is 0.770. The minimum atomic E-state index is -1.11. The number of aliphatic hydroxyl groups excluding tert-OH is 1. The summed E-state index contributed by atoms with van der Waals surface area (Å²) >= 11 is 6.15. The van der Waals surface area contributed by atoms with Gasteiger partial charge in [-0.15, -0.1) is 0 Å². The van der Waals surface area contributed by atoms with E-state index >= 15 is 0 Å². The fourth-order valence-electron chi connectivity index (χ4n) is 2.16. The second-order valence-corrected chi connectivity index (χ2v) is 7.61. The number of likely N-dealkylation sites (N-methyl/N-ethyl adjacent to an activating group) is 1. The molecule has 2 rings (SSSR count). The smallest absolute Gasteiger partial charge is 0.339 e. The molecule has 0 aliphatic rings. The van der Waals surface area contributed by atoms with E-state index in [1.54, 1.807) is 24.3 Å². The third-order valence-electron chi connectivity index (χ3n) is 4.25. The summed E-state index contributed by atoms with van der Waals surface area (Å²) < 4.78 is 5.51. The highest BCUT2D eigenvalue weighted by Gasteiger charge is 2.17. The van der Waals surface area contributed by atoms with Crippen molar-refractivity contribution in [1.29, 1.82) is 0 Å². The first-order valence-electron chi connectivity index (χ1n) is 9.57. The molecule has 0 spiro atoms. The van der Waals surface area contributed by atoms with E-state index in [-0.39, 0.29) is 23.9 Å². The average molecular weight is 439 g/mol. The molecule has 1 heterocycles. The zero-order chi connectivity index (χ0) is 22.7. The minimum absolute atomic E-state index is 0.0151. The number of aliphatic hydroxyl groups is 1. The van der Waals surface area contributed by atoms with Crippen molar-refractivity contribution in [2.24, 2.45) is 0 Å². The summed E-state index contributed by atoms with van der Waals surface area (Å²) in [5, 5.41) is 18.2. The van der Waals surface area contributed by atoms with E-state index in [2.05, 4.69) is 9.97 Å². The van der Waals surface area contributed by atoms with Crippen LogP contribution in [-0.2, 0) is 0 Å². The summed E-state index contributed by atoms with van der Waals surface area (Å²) in [5.74, 6) is -1.11. The maximum atomic E-state index is 11.4. The van der Waals surface area contributed by atoms with Gasteiger partial charge in [-0.3, -0.25) is 0 Å². The zero-order valence-corrected chi connectivity index (χ0v) is 18.9. The highest BCUT2D eigenvalue weighted by Crippen LogP contribution is 2.29. The number of benzene rings is 1. The van der Waals surface area contributed by atoms with Gasteiger partial charge in [0.05, 0.1) is 18.9 Å². The Morgan fingerprint density at radius 1 is 1.23 bits per heavy atom. The van der Waals surface area contributed by atoms with Gasteiger partial charge in [-0.05, 0) is 47.6 Å². The number of nitrogens with zero attached hydrogens (tertiary/aromatic N) is 4. The first-order valence-corrected chi connectivity index (χ1v) is 9.95. The van der Waals surface area contributed by atoms with Crippen LogP contribution < -0.4 is 4.74 Å². The van der Waals surface area contributed by atoms with E-state index in [1.165, 1.54) is 6.20 Å². The number of halogens is 1. The number of carboxylic acid groups (broad SMARTS) is 1. The van der Waals surface area contributed by atoms with Crippen LogP contribution in [0.3, 0.4) is 0 Å². The molecule has 0 saturated carbocycles. The highest BCUT2D eigenvalue weighted by molar-refractivity contribution is 6.33. The lowest BCUT2D eigenvalue weighted by Gasteiger charge is -2.15. The zero-order valence-electron chi connectivity index (χ0n) is 18.2. The summed E-state index contributed by atoms with van der Waals surface area (Å²) in [4.78, 5) is 23.6. The largest absolute Gasteiger partial charge is 0.478 e. The molecule has 1 aromatic heterocycles. The van der Waals surface area contributed by atoms with Gasteiger partial charge in [0.2, 0.25) is 0 Å². The van der Waals surface area contributed by atoms with Crippen molar-refractivity contribution in [3.63, 3.8) is 0 Å². The van der Waals surface area contributed by atoms with Gasteiger partial charge in [0.1, 0.15) is 5.56 Å². The van der Waals surface area contributed by atoms with Crippen molar-refractivity contribution in [2.75, 3.05) is 47.9 Å². The Hall–Kier alpha value is -2.26. The van der Waals surface area contributed by atoms with Crippen molar-refractivity contribution in [3.8, 4) is 17.3 Å². The van der Waals surface area contributed by atoms with Crippen LogP contribution >= 0.6 is 11.6 Å². The van der Waals surface area contributed by atoms with Crippen LogP contribution in [0, 0.1) is 0 Å². The predicted octanol–water partition coefficient (Wildman–Crippen LogP) is 2.75. The van der Waals surface area contributed by atoms with Gasteiger partial charge in [0.25, 0.3) is 0 Å². The number of rotatable bonds is 9. The topological polar surface area (TPSA) is 99.0 Å². The lowest BCUT2D eigenvalue weighted by molar-refractivity contribution is 0.0696. The molecule has 0 aliphatic heterocycles. The Labute approximate surface area is 183 Å². The van der Waals surface area contributed by atoms with Gasteiger partial charge < -0.3 is 24.7 Å². The second kappa shape index (κ2) is 13.1. The first-order chi connectivity index (χ1) is 14.2. The quantitative estimate of drug-likeness (QED) is 0.576. The van der Waals surface area contributed by atoms with Crippen molar-refractivity contribution >= 4 is 17.6 Å². The van der Waals surface area contributed by atoms with Gasteiger partial charge in [-0.1, -0.05) is 29.8 Å². The fourth-order valence-corrected chi connectivity index (χ4v) is 2.38. The summed E-state index contributed by atoms with van der Waals surface area (Å²) in [6.07, 6.45) is 2.06. The monoisotopic (exact) mass is 438 g/mol. The number of hydrogen-bond donors (Lipinski definition) is 2. The Bertz CT molecular complexity index is 802. The van der Waals surface area contributed by atoms with E-state index in [9.17, 15) is 9.90 Å². The Balaban J connectivity index is 0.000000553. The van der Waals surface area contributed by atoms with Crippen LogP contribution in [-0.4, -0.2) is 89.9 Å². The number of hydrogen-bond acceptors (Lipinski definition) is 7. The van der Waals surface area contributed by atoms with E-state index in [1.807, 2.05) is 44.9 Å². The van der Waals surface area contributed by atoms with Crippen molar-refractivity contribution in [2.45, 2.75) is 19.4 Å². The molecule has 9 heteroatoms. The molecular weight excluding hydrogens is 408 g/mol. The van der Waals surface area contributed by atoms with Crippen LogP contribution in [0.25, 0.3) is 11.3 Å². The number of carboxylic acids is 1. The molecule has 2 aromatic rings. The van der Waals surface area contributed by atoms with E-state index in [0.29, 0.717) is 23.2 Å². The Kier molecular flexibility index (Phi) is 11.3. The molecule has 0 fully saturated rings. The van der Waals surface area contributed by atoms with E-state index in [4.69, 9.17) is 21.4 Å². The van der Waals surface area contributed by atoms with Gasteiger partial charge in [-0.25, -0.2) is 9.78 Å². The molecule has 30 heavy (non-hydrogen) atoms. The molecule has 0 radical (unpaired) electrons. The van der Waals surface area contributed by atoms with Crippen molar-refractivity contribution in [3.05, 3.63) is 41.0 Å². The molecule has 8 nitrogen and oxygen atoms in total. The highest BCUT2D eigenvalue weighted by atomic mass is 35.5. The number of aromatic carboxylic acids is 1.